The first-order chi connectivity index (χ1) is 7.26. The summed E-state index contributed by atoms with van der Waals surface area (Å²) in [6.07, 6.45) is 5.60. The van der Waals surface area contributed by atoms with E-state index in [2.05, 4.69) is 6.58 Å². The molecule has 1 fully saturated rings. The third-order valence-electron chi connectivity index (χ3n) is 2.67. The van der Waals surface area contributed by atoms with Crippen LogP contribution in [0.2, 0.25) is 0 Å². The predicted octanol–water partition coefficient (Wildman–Crippen LogP) is 2.31. The third kappa shape index (κ3) is 4.47. The highest BCUT2D eigenvalue weighted by Crippen LogP contribution is 2.24. The van der Waals surface area contributed by atoms with Crippen molar-refractivity contribution in [3.63, 3.8) is 0 Å². The summed E-state index contributed by atoms with van der Waals surface area (Å²) in [5, 5.41) is 0. The number of rotatable bonds is 6. The summed E-state index contributed by atoms with van der Waals surface area (Å²) in [6.45, 7) is 6.82. The number of carbonyl (C=O) groups excluding carboxylic acids is 1. The van der Waals surface area contributed by atoms with Crippen molar-refractivity contribution in [3.05, 3.63) is 12.7 Å². The minimum absolute atomic E-state index is 0.0864. The highest BCUT2D eigenvalue weighted by Gasteiger charge is 2.22. The minimum Gasteiger partial charge on any atom is -0.466 e. The van der Waals surface area contributed by atoms with Gasteiger partial charge >= 0.3 is 5.97 Å². The molecule has 1 aliphatic heterocycles. The molecule has 0 radical (unpaired) electrons. The van der Waals surface area contributed by atoms with E-state index in [9.17, 15) is 4.79 Å². The number of ether oxygens (including phenoxy) is 2. The average molecular weight is 212 g/mol. The molecule has 0 bridgehead atoms. The molecule has 1 aliphatic rings. The fourth-order valence-electron chi connectivity index (χ4n) is 1.86. The molecule has 86 valence electrons. The van der Waals surface area contributed by atoms with E-state index < -0.39 is 0 Å². The molecular formula is C12H20O3. The molecular weight excluding hydrogens is 192 g/mol. The van der Waals surface area contributed by atoms with Crippen LogP contribution in [0.4, 0.5) is 0 Å². The van der Waals surface area contributed by atoms with Crippen molar-refractivity contribution in [3.8, 4) is 0 Å². The molecule has 0 aromatic heterocycles. The molecule has 1 rings (SSSR count). The molecule has 0 aromatic rings. The molecule has 0 unspecified atom stereocenters. The second kappa shape index (κ2) is 6.62. The number of hydrogen-bond acceptors (Lipinski definition) is 3. The second-order valence-electron chi connectivity index (χ2n) is 3.91. The van der Waals surface area contributed by atoms with Crippen LogP contribution in [-0.4, -0.2) is 25.3 Å². The van der Waals surface area contributed by atoms with Crippen LogP contribution in [0.25, 0.3) is 0 Å². The van der Waals surface area contributed by atoms with Crippen LogP contribution < -0.4 is 0 Å². The predicted molar refractivity (Wildman–Crippen MR) is 58.5 cm³/mol. The quantitative estimate of drug-likeness (QED) is 0.500. The van der Waals surface area contributed by atoms with Gasteiger partial charge in [-0.25, -0.2) is 0 Å². The lowest BCUT2D eigenvalue weighted by Gasteiger charge is -2.06. The van der Waals surface area contributed by atoms with Crippen LogP contribution in [0.5, 0.6) is 0 Å². The zero-order valence-electron chi connectivity index (χ0n) is 9.41. The molecule has 0 saturated carbocycles. The van der Waals surface area contributed by atoms with Gasteiger partial charge in [0.1, 0.15) is 0 Å². The Kier molecular flexibility index (Phi) is 5.40. The van der Waals surface area contributed by atoms with Crippen molar-refractivity contribution in [2.45, 2.75) is 38.7 Å². The SMILES string of the molecule is C=C[C@H]1C[C@H](CCCC(=O)OCC)CO1. The summed E-state index contributed by atoms with van der Waals surface area (Å²) >= 11 is 0. The molecule has 3 heteroatoms. The Morgan fingerprint density at radius 1 is 1.67 bits per heavy atom. The summed E-state index contributed by atoms with van der Waals surface area (Å²) in [6, 6.07) is 0. The van der Waals surface area contributed by atoms with Crippen molar-refractivity contribution in [2.75, 3.05) is 13.2 Å². The summed E-state index contributed by atoms with van der Waals surface area (Å²) in [5.41, 5.74) is 0. The van der Waals surface area contributed by atoms with Gasteiger partial charge in [0.25, 0.3) is 0 Å². The van der Waals surface area contributed by atoms with Crippen LogP contribution >= 0.6 is 0 Å². The first-order valence-corrected chi connectivity index (χ1v) is 5.66. The van der Waals surface area contributed by atoms with Gasteiger partial charge < -0.3 is 9.47 Å². The van der Waals surface area contributed by atoms with Gasteiger partial charge in [-0.3, -0.25) is 4.79 Å². The first-order valence-electron chi connectivity index (χ1n) is 5.66. The maximum absolute atomic E-state index is 11.1. The normalized spacial score (nSPS) is 25.1. The van der Waals surface area contributed by atoms with E-state index in [-0.39, 0.29) is 12.1 Å². The van der Waals surface area contributed by atoms with Crippen molar-refractivity contribution < 1.29 is 14.3 Å². The van der Waals surface area contributed by atoms with Gasteiger partial charge in [-0.2, -0.15) is 0 Å². The lowest BCUT2D eigenvalue weighted by molar-refractivity contribution is -0.143. The molecule has 1 heterocycles. The highest BCUT2D eigenvalue weighted by molar-refractivity contribution is 5.69. The first kappa shape index (κ1) is 12.2. The fourth-order valence-corrected chi connectivity index (χ4v) is 1.86. The van der Waals surface area contributed by atoms with E-state index in [0.29, 0.717) is 18.9 Å². The van der Waals surface area contributed by atoms with Gasteiger partial charge in [0.2, 0.25) is 0 Å². The zero-order chi connectivity index (χ0) is 11.1. The van der Waals surface area contributed by atoms with Gasteiger partial charge in [-0.1, -0.05) is 6.08 Å². The smallest absolute Gasteiger partial charge is 0.305 e. The largest absolute Gasteiger partial charge is 0.466 e. The highest BCUT2D eigenvalue weighted by atomic mass is 16.5. The summed E-state index contributed by atoms with van der Waals surface area (Å²) in [7, 11) is 0. The Labute approximate surface area is 91.4 Å². The van der Waals surface area contributed by atoms with E-state index in [0.717, 1.165) is 25.9 Å². The van der Waals surface area contributed by atoms with Crippen molar-refractivity contribution in [1.82, 2.24) is 0 Å². The van der Waals surface area contributed by atoms with Gasteiger partial charge in [0.05, 0.1) is 19.3 Å². The molecule has 0 aliphatic carbocycles. The summed E-state index contributed by atoms with van der Waals surface area (Å²) < 4.78 is 10.3. The lowest BCUT2D eigenvalue weighted by Crippen LogP contribution is -2.06. The maximum Gasteiger partial charge on any atom is 0.305 e. The monoisotopic (exact) mass is 212 g/mol. The minimum atomic E-state index is -0.0864. The van der Waals surface area contributed by atoms with E-state index >= 15 is 0 Å². The molecule has 0 N–H and O–H groups in total. The number of hydrogen-bond donors (Lipinski definition) is 0. The maximum atomic E-state index is 11.1. The molecule has 2 atom stereocenters. The summed E-state index contributed by atoms with van der Waals surface area (Å²) in [5.74, 6) is 0.499. The number of carbonyl (C=O) groups is 1. The number of esters is 1. The Morgan fingerprint density at radius 2 is 2.47 bits per heavy atom. The Morgan fingerprint density at radius 3 is 3.07 bits per heavy atom. The molecule has 0 amide bonds. The van der Waals surface area contributed by atoms with Gasteiger partial charge in [0, 0.05) is 6.42 Å². The topological polar surface area (TPSA) is 35.5 Å². The standard InChI is InChI=1S/C12H20O3/c1-3-11-8-10(9-15-11)6-5-7-12(13)14-4-2/h3,10-11H,1,4-9H2,2H3/t10-,11-/m0/s1. The van der Waals surface area contributed by atoms with Crippen LogP contribution in [0, 0.1) is 5.92 Å². The van der Waals surface area contributed by atoms with Crippen molar-refractivity contribution in [1.29, 1.82) is 0 Å². The van der Waals surface area contributed by atoms with E-state index in [4.69, 9.17) is 9.47 Å². The third-order valence-corrected chi connectivity index (χ3v) is 2.67. The van der Waals surface area contributed by atoms with Gasteiger partial charge in [0.15, 0.2) is 0 Å². The zero-order valence-corrected chi connectivity index (χ0v) is 9.41. The van der Waals surface area contributed by atoms with Crippen molar-refractivity contribution >= 4 is 5.97 Å². The van der Waals surface area contributed by atoms with Crippen LogP contribution in [-0.2, 0) is 14.3 Å². The molecule has 1 saturated heterocycles. The van der Waals surface area contributed by atoms with Crippen molar-refractivity contribution in [2.24, 2.45) is 5.92 Å². The Bertz CT molecular complexity index is 213. The molecule has 0 spiro atoms. The van der Waals surface area contributed by atoms with Crippen LogP contribution in [0.3, 0.4) is 0 Å². The van der Waals surface area contributed by atoms with Gasteiger partial charge in [-0.05, 0) is 32.1 Å². The Hall–Kier alpha value is -0.830. The molecule has 0 aromatic carbocycles. The molecule has 3 nitrogen and oxygen atoms in total. The second-order valence-corrected chi connectivity index (χ2v) is 3.91. The summed E-state index contributed by atoms with van der Waals surface area (Å²) in [4.78, 5) is 11.1. The Balaban J connectivity index is 2.06. The van der Waals surface area contributed by atoms with E-state index in [1.54, 1.807) is 0 Å². The van der Waals surface area contributed by atoms with Crippen LogP contribution in [0.1, 0.15) is 32.6 Å². The van der Waals surface area contributed by atoms with Crippen LogP contribution in [0.15, 0.2) is 12.7 Å². The average Bonchev–Trinajstić information content (AvgIpc) is 2.66. The lowest BCUT2D eigenvalue weighted by atomic mass is 9.99. The fraction of sp³-hybridized carbons (Fsp3) is 0.750. The molecule has 15 heavy (non-hydrogen) atoms. The van der Waals surface area contributed by atoms with Gasteiger partial charge in [-0.15, -0.1) is 6.58 Å². The van der Waals surface area contributed by atoms with E-state index in [1.807, 2.05) is 13.0 Å². The van der Waals surface area contributed by atoms with E-state index in [1.165, 1.54) is 0 Å².